The summed E-state index contributed by atoms with van der Waals surface area (Å²) in [5.74, 6) is 0.163. The lowest BCUT2D eigenvalue weighted by molar-refractivity contribution is -0.118. The number of nitrogens with zero attached hydrogens (tertiary/aromatic N) is 1. The molecule has 0 atom stereocenters. The minimum absolute atomic E-state index is 0.0944. The van der Waals surface area contributed by atoms with E-state index >= 15 is 0 Å². The predicted molar refractivity (Wildman–Crippen MR) is 84.6 cm³/mol. The average molecular weight is 326 g/mol. The number of aryl methyl sites for hydroxylation is 1. The Labute approximate surface area is 131 Å². The molecule has 0 spiro atoms. The van der Waals surface area contributed by atoms with Crippen molar-refractivity contribution < 1.29 is 17.9 Å². The van der Waals surface area contributed by atoms with Gasteiger partial charge >= 0.3 is 0 Å². The van der Waals surface area contributed by atoms with E-state index < -0.39 is 10.0 Å². The van der Waals surface area contributed by atoms with Gasteiger partial charge in [0.05, 0.1) is 10.6 Å². The Morgan fingerprint density at radius 1 is 1.32 bits per heavy atom. The number of carbonyl (C=O) groups is 1. The topological polar surface area (TPSA) is 75.7 Å². The summed E-state index contributed by atoms with van der Waals surface area (Å²) in [5, 5.41) is 2.68. The summed E-state index contributed by atoms with van der Waals surface area (Å²) >= 11 is 0. The summed E-state index contributed by atoms with van der Waals surface area (Å²) in [4.78, 5) is 11.6. The van der Waals surface area contributed by atoms with E-state index in [1.54, 1.807) is 13.0 Å². The molecule has 0 aromatic heterocycles. The monoisotopic (exact) mass is 326 g/mol. The zero-order chi connectivity index (χ0) is 16.3. The van der Waals surface area contributed by atoms with E-state index in [9.17, 15) is 13.2 Å². The number of hydrogen-bond acceptors (Lipinski definition) is 4. The highest BCUT2D eigenvalue weighted by Crippen LogP contribution is 2.34. The van der Waals surface area contributed by atoms with Crippen LogP contribution in [-0.2, 0) is 14.8 Å². The smallest absolute Gasteiger partial charge is 0.262 e. The zero-order valence-corrected chi connectivity index (χ0v) is 14.0. The lowest BCUT2D eigenvalue weighted by atomic mass is 10.2. The van der Waals surface area contributed by atoms with Crippen molar-refractivity contribution in [3.63, 3.8) is 0 Å². The number of benzene rings is 1. The van der Waals surface area contributed by atoms with E-state index in [1.807, 2.05) is 13.8 Å². The SMILES string of the molecule is CCCCN(CC)S(=O)(=O)c1cc2c(cc1C)NC(=O)CO2. The number of amides is 1. The molecule has 0 unspecified atom stereocenters. The van der Waals surface area contributed by atoms with Gasteiger partial charge in [-0.3, -0.25) is 4.79 Å². The van der Waals surface area contributed by atoms with Crippen molar-refractivity contribution in [3.8, 4) is 5.75 Å². The van der Waals surface area contributed by atoms with E-state index in [2.05, 4.69) is 5.32 Å². The van der Waals surface area contributed by atoms with Crippen LogP contribution in [0.4, 0.5) is 5.69 Å². The highest BCUT2D eigenvalue weighted by molar-refractivity contribution is 7.89. The molecule has 1 heterocycles. The van der Waals surface area contributed by atoms with Crippen molar-refractivity contribution in [2.75, 3.05) is 25.0 Å². The van der Waals surface area contributed by atoms with Crippen LogP contribution in [0, 0.1) is 6.92 Å². The zero-order valence-electron chi connectivity index (χ0n) is 13.2. The number of rotatable bonds is 6. The molecule has 122 valence electrons. The molecule has 1 N–H and O–H groups in total. The number of unbranched alkanes of at least 4 members (excludes halogenated alkanes) is 1. The molecule has 0 bridgehead atoms. The number of sulfonamides is 1. The quantitative estimate of drug-likeness (QED) is 0.869. The summed E-state index contributed by atoms with van der Waals surface area (Å²) in [6, 6.07) is 3.15. The second-order valence-corrected chi connectivity index (χ2v) is 7.21. The van der Waals surface area contributed by atoms with Crippen molar-refractivity contribution >= 4 is 21.6 Å². The number of hydrogen-bond donors (Lipinski definition) is 1. The Morgan fingerprint density at radius 2 is 2.05 bits per heavy atom. The van der Waals surface area contributed by atoms with E-state index in [1.165, 1.54) is 10.4 Å². The van der Waals surface area contributed by atoms with E-state index in [0.29, 0.717) is 30.1 Å². The van der Waals surface area contributed by atoms with Gasteiger partial charge in [-0.25, -0.2) is 8.42 Å². The Kier molecular flexibility index (Phi) is 5.08. The molecule has 1 aliphatic heterocycles. The normalized spacial score (nSPS) is 14.5. The summed E-state index contributed by atoms with van der Waals surface area (Å²) < 4.78 is 32.5. The lowest BCUT2D eigenvalue weighted by Crippen LogP contribution is -2.32. The maximum absolute atomic E-state index is 12.8. The number of nitrogens with one attached hydrogen (secondary N) is 1. The first-order chi connectivity index (χ1) is 10.4. The number of fused-ring (bicyclic) bond motifs is 1. The first kappa shape index (κ1) is 16.8. The van der Waals surface area contributed by atoms with Crippen LogP contribution < -0.4 is 10.1 Å². The second-order valence-electron chi connectivity index (χ2n) is 5.30. The van der Waals surface area contributed by atoms with E-state index in [0.717, 1.165) is 12.8 Å². The molecule has 1 aromatic carbocycles. The van der Waals surface area contributed by atoms with Crippen molar-refractivity contribution in [1.82, 2.24) is 4.31 Å². The van der Waals surface area contributed by atoms with Gasteiger partial charge in [-0.05, 0) is 25.0 Å². The minimum atomic E-state index is -3.56. The molecule has 0 saturated heterocycles. The molecule has 2 rings (SSSR count). The molecule has 0 saturated carbocycles. The van der Waals surface area contributed by atoms with Gasteiger partial charge in [0.25, 0.3) is 5.91 Å². The standard InChI is InChI=1S/C15H22N2O4S/c1-4-6-7-17(5-2)22(19,20)14-9-13-12(8-11(14)3)16-15(18)10-21-13/h8-9H,4-7,10H2,1-3H3,(H,16,18). The first-order valence-corrected chi connectivity index (χ1v) is 8.91. The predicted octanol–water partition coefficient (Wildman–Crippen LogP) is 2.14. The first-order valence-electron chi connectivity index (χ1n) is 7.47. The van der Waals surface area contributed by atoms with Crippen LogP contribution in [-0.4, -0.2) is 38.3 Å². The van der Waals surface area contributed by atoms with E-state index in [-0.39, 0.29) is 17.4 Å². The van der Waals surface area contributed by atoms with Gasteiger partial charge in [-0.2, -0.15) is 4.31 Å². The molecule has 7 heteroatoms. The van der Waals surface area contributed by atoms with Crippen LogP contribution in [0.25, 0.3) is 0 Å². The van der Waals surface area contributed by atoms with Crippen molar-refractivity contribution in [3.05, 3.63) is 17.7 Å². The molecular formula is C15H22N2O4S. The average Bonchev–Trinajstić information content (AvgIpc) is 2.46. The molecule has 1 aliphatic rings. The highest BCUT2D eigenvalue weighted by Gasteiger charge is 2.27. The minimum Gasteiger partial charge on any atom is -0.482 e. The van der Waals surface area contributed by atoms with Gasteiger partial charge in [-0.15, -0.1) is 0 Å². The third-order valence-electron chi connectivity index (χ3n) is 3.64. The van der Waals surface area contributed by atoms with Gasteiger partial charge in [0.15, 0.2) is 6.61 Å². The van der Waals surface area contributed by atoms with Crippen molar-refractivity contribution in [2.24, 2.45) is 0 Å². The highest BCUT2D eigenvalue weighted by atomic mass is 32.2. The van der Waals surface area contributed by atoms with Crippen molar-refractivity contribution in [2.45, 2.75) is 38.5 Å². The van der Waals surface area contributed by atoms with Crippen LogP contribution in [0.1, 0.15) is 32.3 Å². The lowest BCUT2D eigenvalue weighted by Gasteiger charge is -2.24. The van der Waals surface area contributed by atoms with Crippen LogP contribution in [0.2, 0.25) is 0 Å². The fourth-order valence-corrected chi connectivity index (χ4v) is 4.13. The third kappa shape index (κ3) is 3.25. The van der Waals surface area contributed by atoms with Crippen LogP contribution >= 0.6 is 0 Å². The Hall–Kier alpha value is -1.60. The molecule has 1 aromatic rings. The molecular weight excluding hydrogens is 304 g/mol. The van der Waals surface area contributed by atoms with Crippen LogP contribution in [0.3, 0.4) is 0 Å². The molecule has 0 aliphatic carbocycles. The van der Waals surface area contributed by atoms with Crippen molar-refractivity contribution in [1.29, 1.82) is 0 Å². The Morgan fingerprint density at radius 3 is 2.68 bits per heavy atom. The number of anilines is 1. The van der Waals surface area contributed by atoms with Gasteiger partial charge in [0.1, 0.15) is 5.75 Å². The maximum Gasteiger partial charge on any atom is 0.262 e. The number of ether oxygens (including phenoxy) is 1. The van der Waals surface area contributed by atoms with Gasteiger partial charge in [0.2, 0.25) is 10.0 Å². The van der Waals surface area contributed by atoms with Gasteiger partial charge < -0.3 is 10.1 Å². The van der Waals surface area contributed by atoms with Gasteiger partial charge in [0, 0.05) is 19.2 Å². The second kappa shape index (κ2) is 6.66. The summed E-state index contributed by atoms with van der Waals surface area (Å²) in [5.41, 5.74) is 1.11. The fraction of sp³-hybridized carbons (Fsp3) is 0.533. The molecule has 0 radical (unpaired) electrons. The number of carbonyl (C=O) groups excluding carboxylic acids is 1. The molecule has 0 fully saturated rings. The Balaban J connectivity index is 2.40. The summed E-state index contributed by atoms with van der Waals surface area (Å²) in [6.45, 7) is 6.42. The molecule has 1 amide bonds. The molecule has 6 nitrogen and oxygen atoms in total. The largest absolute Gasteiger partial charge is 0.482 e. The van der Waals surface area contributed by atoms with E-state index in [4.69, 9.17) is 4.74 Å². The third-order valence-corrected chi connectivity index (χ3v) is 5.76. The van der Waals surface area contributed by atoms with Crippen LogP contribution in [0.15, 0.2) is 17.0 Å². The van der Waals surface area contributed by atoms with Gasteiger partial charge in [-0.1, -0.05) is 20.3 Å². The Bertz CT molecular complexity index is 670. The molecule has 22 heavy (non-hydrogen) atoms. The summed E-state index contributed by atoms with van der Waals surface area (Å²) in [7, 11) is -3.56. The summed E-state index contributed by atoms with van der Waals surface area (Å²) in [6.07, 6.45) is 1.76. The fourth-order valence-electron chi connectivity index (χ4n) is 2.42. The van der Waals surface area contributed by atoms with Crippen LogP contribution in [0.5, 0.6) is 5.75 Å². The maximum atomic E-state index is 12.8.